The van der Waals surface area contributed by atoms with E-state index >= 15 is 0 Å². The molecule has 26 heavy (non-hydrogen) atoms. The molecule has 1 saturated carbocycles. The van der Waals surface area contributed by atoms with Crippen molar-refractivity contribution in [2.24, 2.45) is 5.92 Å². The molecule has 0 aromatic heterocycles. The number of nitrogens with zero attached hydrogens (tertiary/aromatic N) is 1. The van der Waals surface area contributed by atoms with Crippen LogP contribution < -0.4 is 16.0 Å². The fourth-order valence-electron chi connectivity index (χ4n) is 4.16. The summed E-state index contributed by atoms with van der Waals surface area (Å²) in [5, 5.41) is 10.0. The van der Waals surface area contributed by atoms with Gasteiger partial charge in [0.25, 0.3) is 0 Å². The van der Waals surface area contributed by atoms with Crippen molar-refractivity contribution in [2.45, 2.75) is 51.0 Å². The zero-order chi connectivity index (χ0) is 18.2. The monoisotopic (exact) mass is 374 g/mol. The van der Waals surface area contributed by atoms with Crippen molar-refractivity contribution in [3.63, 3.8) is 0 Å². The summed E-state index contributed by atoms with van der Waals surface area (Å²) in [6, 6.07) is 10.5. The van der Waals surface area contributed by atoms with Gasteiger partial charge in [-0.3, -0.25) is 0 Å². The summed E-state index contributed by atoms with van der Waals surface area (Å²) in [7, 11) is 0. The largest absolute Gasteiger partial charge is 0.362 e. The molecule has 2 atom stereocenters. The maximum Gasteiger partial charge on any atom is 0.317 e. The van der Waals surface area contributed by atoms with Gasteiger partial charge in [0.05, 0.1) is 0 Å². The van der Waals surface area contributed by atoms with Crippen LogP contribution in [0.2, 0.25) is 0 Å². The molecule has 1 aromatic carbocycles. The molecule has 0 spiro atoms. The van der Waals surface area contributed by atoms with Crippen LogP contribution in [-0.4, -0.2) is 41.7 Å². The Balaban J connectivity index is 1.32. The van der Waals surface area contributed by atoms with Gasteiger partial charge in [-0.05, 0) is 62.4 Å². The summed E-state index contributed by atoms with van der Waals surface area (Å²) >= 11 is 5.29. The van der Waals surface area contributed by atoms with Gasteiger partial charge < -0.3 is 20.9 Å². The average molecular weight is 375 g/mol. The summed E-state index contributed by atoms with van der Waals surface area (Å²) in [6.45, 7) is 2.33. The number of urea groups is 1. The molecular formula is C20H30N4OS. The van der Waals surface area contributed by atoms with Crippen molar-refractivity contribution in [1.82, 2.24) is 15.5 Å². The minimum absolute atomic E-state index is 0.117. The second kappa shape index (κ2) is 9.76. The summed E-state index contributed by atoms with van der Waals surface area (Å²) in [5.74, 6) is 0.728. The van der Waals surface area contributed by atoms with Gasteiger partial charge in [0.1, 0.15) is 0 Å². The third kappa shape index (κ3) is 5.34. The Bertz CT molecular complexity index is 593. The molecule has 1 aromatic rings. The molecule has 1 saturated heterocycles. The summed E-state index contributed by atoms with van der Waals surface area (Å²) in [4.78, 5) is 14.6. The molecular weight excluding hydrogens is 344 g/mol. The number of nitrogens with one attached hydrogen (secondary N) is 3. The first kappa shape index (κ1) is 19.0. The highest BCUT2D eigenvalue weighted by Gasteiger charge is 2.35. The fraction of sp³-hybridized carbons (Fsp3) is 0.600. The van der Waals surface area contributed by atoms with E-state index in [4.69, 9.17) is 12.2 Å². The van der Waals surface area contributed by atoms with Crippen LogP contribution in [0.1, 0.15) is 44.9 Å². The Morgan fingerprint density at radius 2 is 1.77 bits per heavy atom. The molecule has 5 nitrogen and oxygen atoms in total. The maximum atomic E-state index is 12.5. The van der Waals surface area contributed by atoms with E-state index in [1.54, 1.807) is 0 Å². The lowest BCUT2D eigenvalue weighted by Crippen LogP contribution is -2.53. The van der Waals surface area contributed by atoms with Gasteiger partial charge in [0.2, 0.25) is 0 Å². The van der Waals surface area contributed by atoms with Crippen LogP contribution in [0.5, 0.6) is 0 Å². The van der Waals surface area contributed by atoms with Crippen LogP contribution in [0.25, 0.3) is 0 Å². The van der Waals surface area contributed by atoms with Crippen molar-refractivity contribution < 1.29 is 4.79 Å². The van der Waals surface area contributed by atoms with Gasteiger partial charge in [-0.1, -0.05) is 31.0 Å². The van der Waals surface area contributed by atoms with Gasteiger partial charge in [-0.25, -0.2) is 4.79 Å². The molecule has 2 aliphatic rings. The lowest BCUT2D eigenvalue weighted by molar-refractivity contribution is 0.0843. The lowest BCUT2D eigenvalue weighted by atomic mass is 9.78. The molecule has 142 valence electrons. The van der Waals surface area contributed by atoms with E-state index in [1.807, 2.05) is 30.3 Å². The first-order valence-corrected chi connectivity index (χ1v) is 10.3. The third-order valence-electron chi connectivity index (χ3n) is 5.45. The number of hydrogen-bond donors (Lipinski definition) is 3. The van der Waals surface area contributed by atoms with E-state index < -0.39 is 0 Å². The van der Waals surface area contributed by atoms with Gasteiger partial charge in [0, 0.05) is 31.4 Å². The maximum absolute atomic E-state index is 12.5. The average Bonchev–Trinajstić information content (AvgIpc) is 2.68. The second-order valence-electron chi connectivity index (χ2n) is 7.28. The third-order valence-corrected chi connectivity index (χ3v) is 5.70. The van der Waals surface area contributed by atoms with Gasteiger partial charge in [-0.2, -0.15) is 0 Å². The molecule has 6 heteroatoms. The quantitative estimate of drug-likeness (QED) is 0.543. The first-order chi connectivity index (χ1) is 12.7. The number of anilines is 1. The van der Waals surface area contributed by atoms with Crippen molar-refractivity contribution in [3.05, 3.63) is 30.3 Å². The summed E-state index contributed by atoms with van der Waals surface area (Å²) in [5.41, 5.74) is 0.977. The molecule has 1 aliphatic heterocycles. The number of carbonyl (C=O) groups excluding carboxylic acids is 1. The highest BCUT2D eigenvalue weighted by Crippen LogP contribution is 2.35. The Morgan fingerprint density at radius 3 is 2.62 bits per heavy atom. The van der Waals surface area contributed by atoms with E-state index in [-0.39, 0.29) is 6.03 Å². The molecule has 1 heterocycles. The zero-order valence-electron chi connectivity index (χ0n) is 15.4. The molecule has 2 unspecified atom stereocenters. The van der Waals surface area contributed by atoms with E-state index in [9.17, 15) is 4.79 Å². The number of likely N-dealkylation sites (tertiary alicyclic amines) is 1. The van der Waals surface area contributed by atoms with Crippen molar-refractivity contribution in [1.29, 1.82) is 0 Å². The number of piperidine rings is 1. The van der Waals surface area contributed by atoms with Crippen molar-refractivity contribution >= 4 is 29.0 Å². The number of thiocarbonyl (C=S) groups is 1. The topological polar surface area (TPSA) is 56.4 Å². The zero-order valence-corrected chi connectivity index (χ0v) is 16.2. The molecule has 3 rings (SSSR count). The minimum Gasteiger partial charge on any atom is -0.362 e. The van der Waals surface area contributed by atoms with Crippen LogP contribution >= 0.6 is 12.2 Å². The normalized spacial score (nSPS) is 22.2. The Kier molecular flexibility index (Phi) is 7.12. The number of para-hydroxylation sites is 1. The molecule has 2 amide bonds. The Morgan fingerprint density at radius 1 is 1.04 bits per heavy atom. The minimum atomic E-state index is 0.117. The molecule has 2 fully saturated rings. The Labute approximate surface area is 161 Å². The highest BCUT2D eigenvalue weighted by molar-refractivity contribution is 7.80. The van der Waals surface area contributed by atoms with E-state index in [0.717, 1.165) is 37.5 Å². The molecule has 0 radical (unpaired) electrons. The number of rotatable bonds is 5. The SMILES string of the molecule is O=C(NCCCNC(=S)Nc1ccccc1)N1CCCC2CCCCC21. The standard InChI is InChI=1S/C20H30N4OS/c25-20(24-15-6-9-16-8-4-5-12-18(16)24)22-14-7-13-21-19(26)23-17-10-2-1-3-11-17/h1-3,10-11,16,18H,4-9,12-15H2,(H,22,25)(H2,21,23,26). The molecule has 0 bridgehead atoms. The number of amides is 2. The fourth-order valence-corrected chi connectivity index (χ4v) is 4.38. The first-order valence-electron chi connectivity index (χ1n) is 9.88. The van der Waals surface area contributed by atoms with E-state index in [1.165, 1.54) is 32.1 Å². The predicted octanol–water partition coefficient (Wildman–Crippen LogP) is 3.73. The molecule has 3 N–H and O–H groups in total. The highest BCUT2D eigenvalue weighted by atomic mass is 32.1. The van der Waals surface area contributed by atoms with Gasteiger partial charge in [0.15, 0.2) is 5.11 Å². The number of fused-ring (bicyclic) bond motifs is 1. The lowest BCUT2D eigenvalue weighted by Gasteiger charge is -2.44. The van der Waals surface area contributed by atoms with Crippen molar-refractivity contribution in [2.75, 3.05) is 25.0 Å². The van der Waals surface area contributed by atoms with Gasteiger partial charge >= 0.3 is 6.03 Å². The molecule has 1 aliphatic carbocycles. The van der Waals surface area contributed by atoms with Crippen LogP contribution in [0.3, 0.4) is 0 Å². The summed E-state index contributed by atoms with van der Waals surface area (Å²) < 4.78 is 0. The number of hydrogen-bond acceptors (Lipinski definition) is 2. The number of carbonyl (C=O) groups is 1. The predicted molar refractivity (Wildman–Crippen MR) is 110 cm³/mol. The smallest absolute Gasteiger partial charge is 0.317 e. The van der Waals surface area contributed by atoms with E-state index in [2.05, 4.69) is 20.9 Å². The van der Waals surface area contributed by atoms with Crippen LogP contribution in [0.15, 0.2) is 30.3 Å². The number of benzene rings is 1. The van der Waals surface area contributed by atoms with Crippen molar-refractivity contribution in [3.8, 4) is 0 Å². The summed E-state index contributed by atoms with van der Waals surface area (Å²) in [6.07, 6.45) is 8.37. The van der Waals surface area contributed by atoms with Crippen LogP contribution in [0.4, 0.5) is 10.5 Å². The second-order valence-corrected chi connectivity index (χ2v) is 7.69. The Hall–Kier alpha value is -1.82. The van der Waals surface area contributed by atoms with Crippen LogP contribution in [-0.2, 0) is 0 Å². The van der Waals surface area contributed by atoms with E-state index in [0.29, 0.717) is 17.7 Å². The van der Waals surface area contributed by atoms with Gasteiger partial charge in [-0.15, -0.1) is 0 Å². The van der Waals surface area contributed by atoms with Crippen LogP contribution in [0, 0.1) is 5.92 Å².